The van der Waals surface area contributed by atoms with Gasteiger partial charge in [0, 0.05) is 19.0 Å². The molecular weight excluding hydrogens is 182 g/mol. The monoisotopic (exact) mass is 207 g/mol. The summed E-state index contributed by atoms with van der Waals surface area (Å²) in [4.78, 5) is 0. The average Bonchev–Trinajstić information content (AvgIpc) is 2.49. The minimum absolute atomic E-state index is 0.764. The minimum Gasteiger partial charge on any atom is -0.313 e. The lowest BCUT2D eigenvalue weighted by Gasteiger charge is -2.15. The van der Waals surface area contributed by atoms with Crippen LogP contribution in [0.1, 0.15) is 58.8 Å². The molecule has 1 nitrogen and oxygen atoms in total. The van der Waals surface area contributed by atoms with E-state index in [1.54, 1.807) is 0 Å². The Morgan fingerprint density at radius 3 is 2.80 bits per heavy atom. The van der Waals surface area contributed by atoms with Crippen LogP contribution in [0.5, 0.6) is 0 Å². The molecular formula is C14H25N. The molecule has 0 radical (unpaired) electrons. The zero-order valence-corrected chi connectivity index (χ0v) is 10.3. The Balaban J connectivity index is 2.15. The van der Waals surface area contributed by atoms with Gasteiger partial charge in [0.05, 0.1) is 0 Å². The normalized spacial score (nSPS) is 26.5. The Morgan fingerprint density at radius 2 is 2.07 bits per heavy atom. The van der Waals surface area contributed by atoms with E-state index < -0.39 is 0 Å². The molecule has 0 bridgehead atoms. The van der Waals surface area contributed by atoms with E-state index in [0.29, 0.717) is 0 Å². The summed E-state index contributed by atoms with van der Waals surface area (Å²) in [5.74, 6) is 7.05. The Hall–Kier alpha value is -0.480. The van der Waals surface area contributed by atoms with Gasteiger partial charge in [0.2, 0.25) is 0 Å². The number of rotatable bonds is 4. The molecule has 1 saturated carbocycles. The summed E-state index contributed by atoms with van der Waals surface area (Å²) in [5.41, 5.74) is 0. The second-order valence-electron chi connectivity index (χ2n) is 4.61. The van der Waals surface area contributed by atoms with Gasteiger partial charge < -0.3 is 5.32 Å². The van der Waals surface area contributed by atoms with Crippen molar-refractivity contribution in [2.24, 2.45) is 5.92 Å². The van der Waals surface area contributed by atoms with Crippen LogP contribution in [-0.2, 0) is 0 Å². The Morgan fingerprint density at radius 1 is 1.20 bits per heavy atom. The SMILES string of the molecule is CC#CCCNC1CCCC(CC)CC1. The molecule has 1 aliphatic rings. The summed E-state index contributed by atoms with van der Waals surface area (Å²) in [7, 11) is 0. The van der Waals surface area contributed by atoms with Gasteiger partial charge in [0.25, 0.3) is 0 Å². The second kappa shape index (κ2) is 7.77. The van der Waals surface area contributed by atoms with E-state index in [4.69, 9.17) is 0 Å². The highest BCUT2D eigenvalue weighted by Gasteiger charge is 2.16. The molecule has 0 amide bonds. The molecule has 0 spiro atoms. The van der Waals surface area contributed by atoms with Crippen molar-refractivity contribution in [3.63, 3.8) is 0 Å². The average molecular weight is 207 g/mol. The van der Waals surface area contributed by atoms with Crippen molar-refractivity contribution < 1.29 is 0 Å². The van der Waals surface area contributed by atoms with Crippen molar-refractivity contribution >= 4 is 0 Å². The van der Waals surface area contributed by atoms with E-state index >= 15 is 0 Å². The lowest BCUT2D eigenvalue weighted by molar-refractivity contribution is 0.428. The van der Waals surface area contributed by atoms with Gasteiger partial charge in [0.1, 0.15) is 0 Å². The first-order valence-corrected chi connectivity index (χ1v) is 6.49. The lowest BCUT2D eigenvalue weighted by Crippen LogP contribution is -2.29. The number of hydrogen-bond donors (Lipinski definition) is 1. The highest BCUT2D eigenvalue weighted by molar-refractivity contribution is 4.95. The largest absolute Gasteiger partial charge is 0.313 e. The molecule has 15 heavy (non-hydrogen) atoms. The molecule has 1 fully saturated rings. The molecule has 0 aromatic carbocycles. The smallest absolute Gasteiger partial charge is 0.0214 e. The first-order chi connectivity index (χ1) is 7.36. The van der Waals surface area contributed by atoms with Crippen LogP contribution in [0, 0.1) is 17.8 Å². The van der Waals surface area contributed by atoms with E-state index in [2.05, 4.69) is 24.1 Å². The minimum atomic E-state index is 0.764. The van der Waals surface area contributed by atoms with Crippen LogP contribution in [0.2, 0.25) is 0 Å². The fourth-order valence-electron chi connectivity index (χ4n) is 2.45. The predicted octanol–water partition coefficient (Wildman–Crippen LogP) is 3.35. The van der Waals surface area contributed by atoms with E-state index in [1.807, 2.05) is 6.92 Å². The maximum atomic E-state index is 3.64. The molecule has 1 aliphatic carbocycles. The van der Waals surface area contributed by atoms with E-state index in [-0.39, 0.29) is 0 Å². The van der Waals surface area contributed by atoms with E-state index in [0.717, 1.165) is 24.9 Å². The summed E-state index contributed by atoms with van der Waals surface area (Å²) >= 11 is 0. The summed E-state index contributed by atoms with van der Waals surface area (Å²) in [6.45, 7) is 5.31. The van der Waals surface area contributed by atoms with Crippen molar-refractivity contribution in [3.05, 3.63) is 0 Å². The quantitative estimate of drug-likeness (QED) is 0.423. The predicted molar refractivity (Wildman–Crippen MR) is 66.7 cm³/mol. The van der Waals surface area contributed by atoms with Gasteiger partial charge in [-0.05, 0) is 32.1 Å². The molecule has 0 aromatic rings. The topological polar surface area (TPSA) is 12.0 Å². The van der Waals surface area contributed by atoms with Crippen LogP contribution in [0.15, 0.2) is 0 Å². The summed E-state index contributed by atoms with van der Waals surface area (Å²) in [6, 6.07) is 0.764. The first-order valence-electron chi connectivity index (χ1n) is 6.49. The highest BCUT2D eigenvalue weighted by Crippen LogP contribution is 2.25. The fraction of sp³-hybridized carbons (Fsp3) is 0.857. The van der Waals surface area contributed by atoms with Crippen molar-refractivity contribution in [2.45, 2.75) is 64.8 Å². The summed E-state index contributed by atoms with van der Waals surface area (Å²) < 4.78 is 0. The van der Waals surface area contributed by atoms with E-state index in [1.165, 1.54) is 38.5 Å². The van der Waals surface area contributed by atoms with Gasteiger partial charge >= 0.3 is 0 Å². The maximum Gasteiger partial charge on any atom is 0.0214 e. The molecule has 2 atom stereocenters. The number of nitrogens with one attached hydrogen (secondary N) is 1. The van der Waals surface area contributed by atoms with Crippen LogP contribution >= 0.6 is 0 Å². The van der Waals surface area contributed by atoms with Crippen molar-refractivity contribution in [1.29, 1.82) is 0 Å². The van der Waals surface area contributed by atoms with Gasteiger partial charge in [-0.25, -0.2) is 0 Å². The zero-order valence-electron chi connectivity index (χ0n) is 10.3. The van der Waals surface area contributed by atoms with Gasteiger partial charge in [-0.1, -0.05) is 26.2 Å². The Labute approximate surface area is 95.0 Å². The first kappa shape index (κ1) is 12.6. The molecule has 0 aromatic heterocycles. The standard InChI is InChI=1S/C14H25N/c1-3-5-6-12-15-14-9-7-8-13(4-2)10-11-14/h13-15H,4,6-12H2,1-2H3. The van der Waals surface area contributed by atoms with Gasteiger partial charge in [-0.15, -0.1) is 11.8 Å². The molecule has 2 unspecified atom stereocenters. The Kier molecular flexibility index (Phi) is 6.52. The third kappa shape index (κ3) is 5.23. The van der Waals surface area contributed by atoms with Crippen molar-refractivity contribution in [1.82, 2.24) is 5.32 Å². The lowest BCUT2D eigenvalue weighted by atomic mass is 9.98. The molecule has 1 N–H and O–H groups in total. The third-order valence-electron chi connectivity index (χ3n) is 3.53. The van der Waals surface area contributed by atoms with Crippen LogP contribution in [0.3, 0.4) is 0 Å². The van der Waals surface area contributed by atoms with Gasteiger partial charge in [-0.2, -0.15) is 0 Å². The molecule has 1 rings (SSSR count). The van der Waals surface area contributed by atoms with E-state index in [9.17, 15) is 0 Å². The molecule has 0 heterocycles. The Bertz CT molecular complexity index is 211. The van der Waals surface area contributed by atoms with Crippen molar-refractivity contribution in [3.8, 4) is 11.8 Å². The highest BCUT2D eigenvalue weighted by atomic mass is 14.9. The van der Waals surface area contributed by atoms with Crippen LogP contribution in [0.4, 0.5) is 0 Å². The molecule has 0 saturated heterocycles. The van der Waals surface area contributed by atoms with Crippen LogP contribution in [-0.4, -0.2) is 12.6 Å². The van der Waals surface area contributed by atoms with Gasteiger partial charge in [0.15, 0.2) is 0 Å². The third-order valence-corrected chi connectivity index (χ3v) is 3.53. The molecule has 0 aliphatic heterocycles. The van der Waals surface area contributed by atoms with Crippen LogP contribution < -0.4 is 5.32 Å². The molecule has 1 heteroatoms. The fourth-order valence-corrected chi connectivity index (χ4v) is 2.45. The van der Waals surface area contributed by atoms with Crippen LogP contribution in [0.25, 0.3) is 0 Å². The maximum absolute atomic E-state index is 3.64. The second-order valence-corrected chi connectivity index (χ2v) is 4.61. The summed E-state index contributed by atoms with van der Waals surface area (Å²) in [5, 5.41) is 3.64. The summed E-state index contributed by atoms with van der Waals surface area (Å²) in [6.07, 6.45) is 9.40. The van der Waals surface area contributed by atoms with Crippen molar-refractivity contribution in [2.75, 3.05) is 6.54 Å². The number of hydrogen-bond acceptors (Lipinski definition) is 1. The zero-order chi connectivity index (χ0) is 10.9. The van der Waals surface area contributed by atoms with Gasteiger partial charge in [-0.3, -0.25) is 0 Å². The molecule has 86 valence electrons.